The van der Waals surface area contributed by atoms with Gasteiger partial charge in [0.25, 0.3) is 5.91 Å². The molecule has 9 heteroatoms. The lowest BCUT2D eigenvalue weighted by Gasteiger charge is -2.26. The monoisotopic (exact) mass is 396 g/mol. The first-order valence-corrected chi connectivity index (χ1v) is 9.72. The van der Waals surface area contributed by atoms with E-state index in [-0.39, 0.29) is 11.4 Å². The van der Waals surface area contributed by atoms with Gasteiger partial charge in [0.05, 0.1) is 18.1 Å². The molecule has 1 fully saturated rings. The van der Waals surface area contributed by atoms with Crippen LogP contribution in [0.1, 0.15) is 15.9 Å². The Kier molecular flexibility index (Phi) is 5.83. The van der Waals surface area contributed by atoms with E-state index in [1.165, 1.54) is 22.5 Å². The van der Waals surface area contributed by atoms with Gasteiger partial charge in [0.1, 0.15) is 17.2 Å². The summed E-state index contributed by atoms with van der Waals surface area (Å²) in [4.78, 5) is 12.1. The summed E-state index contributed by atoms with van der Waals surface area (Å²) in [6, 6.07) is 9.16. The van der Waals surface area contributed by atoms with Gasteiger partial charge in [0, 0.05) is 19.6 Å². The van der Waals surface area contributed by atoms with Gasteiger partial charge in [-0.1, -0.05) is 18.2 Å². The van der Waals surface area contributed by atoms with Gasteiger partial charge in [-0.3, -0.25) is 4.79 Å². The van der Waals surface area contributed by atoms with Crippen LogP contribution in [0.25, 0.3) is 0 Å². The highest BCUT2D eigenvalue weighted by atomic mass is 32.2. The molecule has 1 amide bonds. The van der Waals surface area contributed by atoms with Crippen molar-refractivity contribution in [3.05, 3.63) is 65.2 Å². The Morgan fingerprint density at radius 2 is 1.63 bits per heavy atom. The van der Waals surface area contributed by atoms with Crippen LogP contribution in [0.5, 0.6) is 0 Å². The van der Waals surface area contributed by atoms with Crippen molar-refractivity contribution >= 4 is 15.9 Å². The highest BCUT2D eigenvalue weighted by molar-refractivity contribution is 7.89. The standard InChI is InChI=1S/C18H18F2N2O4S/c19-15-2-1-3-16(20)17(15)18(23)21-12-13-4-6-14(7-5-13)27(24,25)22-8-10-26-11-9-22/h1-7H,8-12H2,(H,21,23). The molecular formula is C18H18F2N2O4S. The lowest BCUT2D eigenvalue weighted by Crippen LogP contribution is -2.40. The number of hydrogen-bond donors (Lipinski definition) is 1. The number of nitrogens with one attached hydrogen (secondary N) is 1. The van der Waals surface area contributed by atoms with E-state index < -0.39 is 33.1 Å². The van der Waals surface area contributed by atoms with E-state index >= 15 is 0 Å². The molecule has 6 nitrogen and oxygen atoms in total. The third kappa shape index (κ3) is 4.32. The van der Waals surface area contributed by atoms with Crippen LogP contribution in [0, 0.1) is 11.6 Å². The largest absolute Gasteiger partial charge is 0.379 e. The maximum Gasteiger partial charge on any atom is 0.257 e. The van der Waals surface area contributed by atoms with Crippen LogP contribution in [0.4, 0.5) is 8.78 Å². The number of nitrogens with zero attached hydrogens (tertiary/aromatic N) is 1. The fourth-order valence-corrected chi connectivity index (χ4v) is 4.11. The molecule has 27 heavy (non-hydrogen) atoms. The highest BCUT2D eigenvalue weighted by Crippen LogP contribution is 2.18. The van der Waals surface area contributed by atoms with Crippen molar-refractivity contribution in [3.63, 3.8) is 0 Å². The van der Waals surface area contributed by atoms with Gasteiger partial charge in [0.15, 0.2) is 0 Å². The van der Waals surface area contributed by atoms with E-state index in [2.05, 4.69) is 5.32 Å². The highest BCUT2D eigenvalue weighted by Gasteiger charge is 2.26. The molecule has 0 spiro atoms. The first-order chi connectivity index (χ1) is 12.9. The van der Waals surface area contributed by atoms with Crippen LogP contribution < -0.4 is 5.32 Å². The first-order valence-electron chi connectivity index (χ1n) is 8.28. The molecule has 0 bridgehead atoms. The molecule has 1 aliphatic rings. The van der Waals surface area contributed by atoms with Crippen molar-refractivity contribution in [2.45, 2.75) is 11.4 Å². The van der Waals surface area contributed by atoms with Crippen LogP contribution in [-0.2, 0) is 21.3 Å². The first kappa shape index (κ1) is 19.4. The fraction of sp³-hybridized carbons (Fsp3) is 0.278. The Hall–Kier alpha value is -2.36. The minimum Gasteiger partial charge on any atom is -0.379 e. The molecular weight excluding hydrogens is 378 g/mol. The van der Waals surface area contributed by atoms with Gasteiger partial charge in [0.2, 0.25) is 10.0 Å². The Balaban J connectivity index is 1.66. The summed E-state index contributed by atoms with van der Waals surface area (Å²) in [5.74, 6) is -2.77. The quantitative estimate of drug-likeness (QED) is 0.838. The SMILES string of the molecule is O=C(NCc1ccc(S(=O)(=O)N2CCOCC2)cc1)c1c(F)cccc1F. The molecule has 2 aromatic rings. The maximum absolute atomic E-state index is 13.6. The van der Waals surface area contributed by atoms with Gasteiger partial charge in [-0.15, -0.1) is 0 Å². The van der Waals surface area contributed by atoms with E-state index in [1.807, 2.05) is 0 Å². The van der Waals surface area contributed by atoms with Gasteiger partial charge < -0.3 is 10.1 Å². The molecule has 0 radical (unpaired) electrons. The number of rotatable bonds is 5. The van der Waals surface area contributed by atoms with Crippen LogP contribution in [0.3, 0.4) is 0 Å². The predicted octanol–water partition coefficient (Wildman–Crippen LogP) is 1.92. The fourth-order valence-electron chi connectivity index (χ4n) is 2.70. The summed E-state index contributed by atoms with van der Waals surface area (Å²) < 4.78 is 58.8. The Morgan fingerprint density at radius 1 is 1.04 bits per heavy atom. The van der Waals surface area contributed by atoms with Gasteiger partial charge in [-0.05, 0) is 29.8 Å². The Bertz CT molecular complexity index is 907. The van der Waals surface area contributed by atoms with Gasteiger partial charge in [-0.2, -0.15) is 4.31 Å². The second-order valence-electron chi connectivity index (χ2n) is 5.94. The summed E-state index contributed by atoms with van der Waals surface area (Å²) in [5, 5.41) is 2.42. The summed E-state index contributed by atoms with van der Waals surface area (Å²) in [5.41, 5.74) is -0.0509. The minimum absolute atomic E-state index is 0.00445. The molecule has 3 rings (SSSR count). The molecule has 1 saturated heterocycles. The van der Waals surface area contributed by atoms with Crippen LogP contribution >= 0.6 is 0 Å². The molecule has 0 atom stereocenters. The number of hydrogen-bond acceptors (Lipinski definition) is 4. The smallest absolute Gasteiger partial charge is 0.257 e. The summed E-state index contributed by atoms with van der Waals surface area (Å²) in [6.07, 6.45) is 0. The molecule has 144 valence electrons. The lowest BCUT2D eigenvalue weighted by atomic mass is 10.1. The van der Waals surface area contributed by atoms with Crippen molar-refractivity contribution in [3.8, 4) is 0 Å². The molecule has 1 heterocycles. The van der Waals surface area contributed by atoms with Gasteiger partial charge in [-0.25, -0.2) is 17.2 Å². The van der Waals surface area contributed by atoms with E-state index in [4.69, 9.17) is 4.74 Å². The third-order valence-electron chi connectivity index (χ3n) is 4.17. The summed E-state index contributed by atoms with van der Waals surface area (Å²) in [7, 11) is -3.60. The van der Waals surface area contributed by atoms with Crippen LogP contribution in [0.15, 0.2) is 47.4 Å². The van der Waals surface area contributed by atoms with E-state index in [9.17, 15) is 22.0 Å². The molecule has 0 unspecified atom stereocenters. The average Bonchev–Trinajstić information content (AvgIpc) is 2.67. The lowest BCUT2D eigenvalue weighted by molar-refractivity contribution is 0.0730. The van der Waals surface area contributed by atoms with E-state index in [0.29, 0.717) is 31.9 Å². The minimum atomic E-state index is -3.60. The molecule has 0 aliphatic carbocycles. The van der Waals surface area contributed by atoms with Crippen LogP contribution in [-0.4, -0.2) is 44.9 Å². The number of carbonyl (C=O) groups excluding carboxylic acids is 1. The summed E-state index contributed by atoms with van der Waals surface area (Å²) in [6.45, 7) is 1.32. The molecule has 1 N–H and O–H groups in total. The molecule has 2 aromatic carbocycles. The predicted molar refractivity (Wildman–Crippen MR) is 93.5 cm³/mol. The van der Waals surface area contributed by atoms with Crippen molar-refractivity contribution in [1.29, 1.82) is 0 Å². The van der Waals surface area contributed by atoms with Crippen molar-refractivity contribution < 1.29 is 26.7 Å². The van der Waals surface area contributed by atoms with Crippen LogP contribution in [0.2, 0.25) is 0 Å². The molecule has 1 aliphatic heterocycles. The number of ether oxygens (including phenoxy) is 1. The number of benzene rings is 2. The van der Waals surface area contributed by atoms with Crippen molar-refractivity contribution in [2.24, 2.45) is 0 Å². The number of morpholine rings is 1. The zero-order valence-corrected chi connectivity index (χ0v) is 15.1. The topological polar surface area (TPSA) is 75.7 Å². The van der Waals surface area contributed by atoms with Crippen molar-refractivity contribution in [1.82, 2.24) is 9.62 Å². The molecule has 0 saturated carbocycles. The normalized spacial score (nSPS) is 15.5. The van der Waals surface area contributed by atoms with Crippen molar-refractivity contribution in [2.75, 3.05) is 26.3 Å². The molecule has 0 aromatic heterocycles. The maximum atomic E-state index is 13.6. The Labute approximate surface area is 155 Å². The second kappa shape index (κ2) is 8.12. The Morgan fingerprint density at radius 3 is 2.22 bits per heavy atom. The summed E-state index contributed by atoms with van der Waals surface area (Å²) >= 11 is 0. The zero-order chi connectivity index (χ0) is 19.4. The second-order valence-corrected chi connectivity index (χ2v) is 7.88. The number of carbonyl (C=O) groups is 1. The zero-order valence-electron chi connectivity index (χ0n) is 14.3. The van der Waals surface area contributed by atoms with E-state index in [1.54, 1.807) is 12.1 Å². The number of amides is 1. The number of halogens is 2. The van der Waals surface area contributed by atoms with E-state index in [0.717, 1.165) is 12.1 Å². The third-order valence-corrected chi connectivity index (χ3v) is 6.09. The number of sulfonamides is 1. The van der Waals surface area contributed by atoms with Gasteiger partial charge >= 0.3 is 0 Å². The average molecular weight is 396 g/mol.